The number of halogens is 3. The van der Waals surface area contributed by atoms with E-state index in [1.54, 1.807) is 24.3 Å². The first-order valence-corrected chi connectivity index (χ1v) is 13.4. The van der Waals surface area contributed by atoms with Crippen molar-refractivity contribution in [1.82, 2.24) is 10.2 Å². The van der Waals surface area contributed by atoms with E-state index in [1.807, 2.05) is 32.9 Å². The molecule has 0 radical (unpaired) electrons. The Bertz CT molecular complexity index is 1500. The zero-order chi connectivity index (χ0) is 31.5. The number of nitrogens with one attached hydrogen (secondary N) is 2. The van der Waals surface area contributed by atoms with Crippen LogP contribution in [0.5, 0.6) is 11.5 Å². The van der Waals surface area contributed by atoms with Crippen molar-refractivity contribution in [2.24, 2.45) is 5.92 Å². The largest absolute Gasteiger partial charge is 0.479 e. The van der Waals surface area contributed by atoms with Gasteiger partial charge in [-0.25, -0.2) is 8.78 Å². The molecule has 0 bridgehead atoms. The number of benzene rings is 2. The third-order valence-corrected chi connectivity index (χ3v) is 6.93. The Morgan fingerprint density at radius 3 is 2.44 bits per heavy atom. The van der Waals surface area contributed by atoms with Crippen LogP contribution in [0.2, 0.25) is 0 Å². The maximum atomic E-state index is 14.2. The number of esters is 1. The molecule has 2 aromatic carbocycles. The van der Waals surface area contributed by atoms with E-state index < -0.39 is 83.4 Å². The molecule has 0 saturated carbocycles. The van der Waals surface area contributed by atoms with Crippen LogP contribution in [-0.4, -0.2) is 60.1 Å². The highest BCUT2D eigenvalue weighted by molar-refractivity contribution is 6.39. The van der Waals surface area contributed by atoms with Crippen molar-refractivity contribution in [3.8, 4) is 11.5 Å². The predicted molar refractivity (Wildman–Crippen MR) is 147 cm³/mol. The zero-order valence-electron chi connectivity index (χ0n) is 23.7. The topological polar surface area (TPSA) is 131 Å². The quantitative estimate of drug-likeness (QED) is 0.182. The van der Waals surface area contributed by atoms with Crippen molar-refractivity contribution in [2.75, 3.05) is 25.0 Å². The van der Waals surface area contributed by atoms with Crippen LogP contribution in [0, 0.1) is 23.4 Å². The Labute approximate surface area is 245 Å². The lowest BCUT2D eigenvalue weighted by Crippen LogP contribution is -2.49. The lowest BCUT2D eigenvalue weighted by Gasteiger charge is -2.26. The molecule has 2 heterocycles. The van der Waals surface area contributed by atoms with Crippen LogP contribution in [0.3, 0.4) is 0 Å². The molecule has 4 rings (SSSR count). The van der Waals surface area contributed by atoms with Crippen molar-refractivity contribution in [3.05, 3.63) is 65.5 Å². The van der Waals surface area contributed by atoms with E-state index in [9.17, 15) is 37.1 Å². The molecule has 13 heteroatoms. The second-order valence-corrected chi connectivity index (χ2v) is 11.2. The summed E-state index contributed by atoms with van der Waals surface area (Å²) in [7, 11) is 0. The second kappa shape index (κ2) is 12.7. The number of para-hydroxylation sites is 1. The molecule has 2 N–H and O–H groups in total. The Morgan fingerprint density at radius 2 is 1.72 bits per heavy atom. The molecule has 0 aromatic heterocycles. The van der Waals surface area contributed by atoms with Gasteiger partial charge < -0.3 is 25.0 Å². The van der Waals surface area contributed by atoms with Gasteiger partial charge in [0, 0.05) is 24.8 Å². The molecule has 0 saturated heterocycles. The van der Waals surface area contributed by atoms with Crippen LogP contribution in [0.1, 0.15) is 39.2 Å². The van der Waals surface area contributed by atoms with E-state index in [4.69, 9.17) is 9.47 Å². The molecule has 0 spiro atoms. The summed E-state index contributed by atoms with van der Waals surface area (Å²) in [6.45, 7) is 4.82. The van der Waals surface area contributed by atoms with Gasteiger partial charge >= 0.3 is 17.8 Å². The van der Waals surface area contributed by atoms with Crippen LogP contribution in [0.4, 0.5) is 18.9 Å². The van der Waals surface area contributed by atoms with Crippen molar-refractivity contribution >= 4 is 35.2 Å². The van der Waals surface area contributed by atoms with Crippen LogP contribution in [0.15, 0.2) is 42.5 Å². The highest BCUT2D eigenvalue weighted by Gasteiger charge is 2.35. The van der Waals surface area contributed by atoms with E-state index in [0.29, 0.717) is 5.69 Å². The fourth-order valence-electron chi connectivity index (χ4n) is 4.68. The number of Topliss-reactive ketones (excluding diaryl/α,β-unsaturated/α-hetero) is 1. The SMILES string of the molecule is CC(C)(C)c1ccccc1NC(=O)C(=O)N1CC=CCC(C(=O)NC2CC(=O)Oc3c(F)cc(F)c(F)c3OCC2=O)C1. The van der Waals surface area contributed by atoms with Crippen molar-refractivity contribution in [2.45, 2.75) is 45.1 Å². The Balaban J connectivity index is 1.44. The maximum Gasteiger partial charge on any atom is 0.313 e. The van der Waals surface area contributed by atoms with Gasteiger partial charge in [0.25, 0.3) is 0 Å². The van der Waals surface area contributed by atoms with Crippen LogP contribution < -0.4 is 20.1 Å². The molecule has 2 aliphatic rings. The summed E-state index contributed by atoms with van der Waals surface area (Å²) in [5.41, 5.74) is 0.990. The van der Waals surface area contributed by atoms with Crippen molar-refractivity contribution < 1.29 is 46.6 Å². The number of ketones is 1. The van der Waals surface area contributed by atoms with E-state index in [2.05, 4.69) is 10.6 Å². The molecule has 2 atom stereocenters. The molecule has 2 aromatic rings. The first-order chi connectivity index (χ1) is 20.3. The molecule has 0 aliphatic carbocycles. The fraction of sp³-hybridized carbons (Fsp3) is 0.367. The van der Waals surface area contributed by atoms with Crippen LogP contribution in [0.25, 0.3) is 0 Å². The van der Waals surface area contributed by atoms with E-state index in [1.165, 1.54) is 4.90 Å². The lowest BCUT2D eigenvalue weighted by atomic mass is 9.86. The summed E-state index contributed by atoms with van der Waals surface area (Å²) >= 11 is 0. The number of anilines is 1. The summed E-state index contributed by atoms with van der Waals surface area (Å²) in [5, 5.41) is 5.06. The van der Waals surface area contributed by atoms with Gasteiger partial charge in [-0.05, 0) is 23.5 Å². The number of nitrogens with zero attached hydrogens (tertiary/aromatic N) is 1. The van der Waals surface area contributed by atoms with Gasteiger partial charge in [-0.15, -0.1) is 0 Å². The Hall–Kier alpha value is -4.68. The number of amides is 3. The minimum absolute atomic E-state index is 0.0470. The molecule has 10 nitrogen and oxygen atoms in total. The third-order valence-electron chi connectivity index (χ3n) is 6.93. The zero-order valence-corrected chi connectivity index (χ0v) is 23.7. The summed E-state index contributed by atoms with van der Waals surface area (Å²) in [5.74, 6) is -12.3. The van der Waals surface area contributed by atoms with Gasteiger partial charge in [0.1, 0.15) is 12.6 Å². The average molecular weight is 602 g/mol. The smallest absolute Gasteiger partial charge is 0.313 e. The van der Waals surface area contributed by atoms with E-state index in [-0.39, 0.29) is 31.0 Å². The summed E-state index contributed by atoms with van der Waals surface area (Å²) in [6, 6.07) is 5.74. The van der Waals surface area contributed by atoms with Crippen molar-refractivity contribution in [1.29, 1.82) is 0 Å². The van der Waals surface area contributed by atoms with E-state index >= 15 is 0 Å². The minimum atomic E-state index is -1.65. The monoisotopic (exact) mass is 601 g/mol. The number of carbonyl (C=O) groups is 5. The van der Waals surface area contributed by atoms with Gasteiger partial charge in [-0.2, -0.15) is 4.39 Å². The normalized spacial score (nSPS) is 19.1. The van der Waals surface area contributed by atoms with Gasteiger partial charge in [0.05, 0.1) is 12.3 Å². The van der Waals surface area contributed by atoms with Crippen LogP contribution in [-0.2, 0) is 29.4 Å². The minimum Gasteiger partial charge on any atom is -0.479 e. The summed E-state index contributed by atoms with van der Waals surface area (Å²) in [6.07, 6.45) is 2.65. The first kappa shape index (κ1) is 31.3. The number of allylic oxidation sites excluding steroid dienone is 1. The van der Waals surface area contributed by atoms with Crippen LogP contribution >= 0.6 is 0 Å². The fourth-order valence-corrected chi connectivity index (χ4v) is 4.68. The third kappa shape index (κ3) is 7.22. The van der Waals surface area contributed by atoms with Gasteiger partial charge in [0.15, 0.2) is 17.4 Å². The highest BCUT2D eigenvalue weighted by Crippen LogP contribution is 2.36. The first-order valence-electron chi connectivity index (χ1n) is 13.4. The number of rotatable bonds is 3. The average Bonchev–Trinajstić information content (AvgIpc) is 3.18. The summed E-state index contributed by atoms with van der Waals surface area (Å²) < 4.78 is 51.8. The van der Waals surface area contributed by atoms with E-state index in [0.717, 1.165) is 5.56 Å². The maximum absolute atomic E-state index is 14.2. The number of ether oxygens (including phenoxy) is 2. The number of fused-ring (bicyclic) bond motifs is 1. The molecule has 228 valence electrons. The summed E-state index contributed by atoms with van der Waals surface area (Å²) in [4.78, 5) is 65.7. The Morgan fingerprint density at radius 1 is 1.00 bits per heavy atom. The van der Waals surface area contributed by atoms with Gasteiger partial charge in [0.2, 0.25) is 23.2 Å². The van der Waals surface area contributed by atoms with Crippen molar-refractivity contribution in [3.63, 3.8) is 0 Å². The molecule has 0 fully saturated rings. The standard InChI is InChI=1S/C30H30F3N3O7/c1-30(2,3)17-9-4-5-10-20(17)34-28(40)29(41)36-11-7-6-8-16(14-36)27(39)35-21-13-23(38)43-25-19(32)12-18(31)24(33)26(25)42-15-22(21)37/h4-7,9-10,12,16,21H,8,11,13-15H2,1-3H3,(H,34,40)(H,35,39). The second-order valence-electron chi connectivity index (χ2n) is 11.2. The lowest BCUT2D eigenvalue weighted by molar-refractivity contribution is -0.144. The molecule has 2 unspecified atom stereocenters. The molecule has 2 aliphatic heterocycles. The number of hydrogen-bond donors (Lipinski definition) is 2. The van der Waals surface area contributed by atoms with Gasteiger partial charge in [-0.1, -0.05) is 51.1 Å². The predicted octanol–water partition coefficient (Wildman–Crippen LogP) is 3.19. The number of carbonyl (C=O) groups excluding carboxylic acids is 5. The highest BCUT2D eigenvalue weighted by atomic mass is 19.2. The molecule has 43 heavy (non-hydrogen) atoms. The molecule has 3 amide bonds. The molecular weight excluding hydrogens is 571 g/mol. The molecular formula is C30H30F3N3O7. The Kier molecular flexibility index (Phi) is 9.22. The van der Waals surface area contributed by atoms with Gasteiger partial charge in [-0.3, -0.25) is 24.0 Å². The number of hydrogen-bond acceptors (Lipinski definition) is 7.